The predicted molar refractivity (Wildman–Crippen MR) is 51.7 cm³/mol. The van der Waals surface area contributed by atoms with Crippen LogP contribution in [0.1, 0.15) is 6.42 Å². The fourth-order valence-corrected chi connectivity index (χ4v) is 2.94. The van der Waals surface area contributed by atoms with Crippen molar-refractivity contribution >= 4 is 30.7 Å². The summed E-state index contributed by atoms with van der Waals surface area (Å²) in [4.78, 5) is 0. The number of rotatable bonds is 3. The maximum Gasteiger partial charge on any atom is 0.0442 e. The maximum atomic E-state index is 2.45. The molecule has 0 aliphatic carbocycles. The number of alkyl halides is 1. The van der Waals surface area contributed by atoms with Crippen LogP contribution in [-0.4, -0.2) is 12.5 Å². The molecule has 0 aromatic rings. The highest BCUT2D eigenvalue weighted by Crippen LogP contribution is 2.11. The van der Waals surface area contributed by atoms with E-state index >= 15 is 0 Å². The van der Waals surface area contributed by atoms with Crippen LogP contribution in [-0.2, 0) is 0 Å². The van der Waals surface area contributed by atoms with E-state index in [4.69, 9.17) is 0 Å². The molecule has 0 nitrogen and oxygen atoms in total. The Morgan fingerprint density at radius 1 is 1.25 bits per heavy atom. The molecule has 0 aromatic heterocycles. The van der Waals surface area contributed by atoms with E-state index in [1.54, 1.807) is 0 Å². The molecule has 0 fully saturated rings. The average molecular weight is 242 g/mol. The Kier molecular flexibility index (Phi) is 4.33. The van der Waals surface area contributed by atoms with Crippen LogP contribution in [0.3, 0.4) is 0 Å². The van der Waals surface area contributed by atoms with Crippen molar-refractivity contribution in [3.8, 4) is 0 Å². The Labute approximate surface area is 67.2 Å². The summed E-state index contributed by atoms with van der Waals surface area (Å²) < 4.78 is 1.34. The lowest BCUT2D eigenvalue weighted by Crippen LogP contribution is -2.18. The molecule has 0 amide bonds. The third-order valence-electron chi connectivity index (χ3n) is 1.06. The molecule has 50 valence electrons. The molecule has 0 saturated heterocycles. The zero-order valence-electron chi connectivity index (χ0n) is 6.00. The second-order valence-electron chi connectivity index (χ2n) is 3.35. The Morgan fingerprint density at radius 2 is 1.75 bits per heavy atom. The zero-order chi connectivity index (χ0) is 6.62. The van der Waals surface area contributed by atoms with Crippen molar-refractivity contribution < 1.29 is 0 Å². The summed E-state index contributed by atoms with van der Waals surface area (Å²) in [7, 11) is -0.683. The highest BCUT2D eigenvalue weighted by Gasteiger charge is 2.10. The summed E-state index contributed by atoms with van der Waals surface area (Å²) >= 11 is 2.45. The van der Waals surface area contributed by atoms with Crippen molar-refractivity contribution in [2.75, 3.05) is 4.43 Å². The Balaban J connectivity index is 3.11. The first-order chi connectivity index (χ1) is 3.56. The predicted octanol–water partition coefficient (Wildman–Crippen LogP) is 3.15. The van der Waals surface area contributed by atoms with E-state index in [1.165, 1.54) is 16.9 Å². The van der Waals surface area contributed by atoms with Gasteiger partial charge in [0.05, 0.1) is 0 Å². The Morgan fingerprint density at radius 3 is 1.88 bits per heavy atom. The summed E-state index contributed by atoms with van der Waals surface area (Å²) in [5.41, 5.74) is 0. The van der Waals surface area contributed by atoms with E-state index in [9.17, 15) is 0 Å². The lowest BCUT2D eigenvalue weighted by Gasteiger charge is -2.13. The second-order valence-corrected chi connectivity index (χ2v) is 10.1. The molecule has 0 aromatic carbocycles. The molecule has 0 saturated carbocycles. The van der Waals surface area contributed by atoms with Crippen LogP contribution >= 0.6 is 22.6 Å². The molecular weight excluding hydrogens is 227 g/mol. The Bertz CT molecular complexity index is 56.0. The van der Waals surface area contributed by atoms with Gasteiger partial charge >= 0.3 is 0 Å². The average Bonchev–Trinajstić information content (AvgIpc) is 1.59. The van der Waals surface area contributed by atoms with Crippen molar-refractivity contribution in [2.45, 2.75) is 32.1 Å². The topological polar surface area (TPSA) is 0 Å². The van der Waals surface area contributed by atoms with Gasteiger partial charge in [-0.3, -0.25) is 0 Å². The summed E-state index contributed by atoms with van der Waals surface area (Å²) in [5, 5.41) is 0. The highest BCUT2D eigenvalue weighted by atomic mass is 127. The normalized spacial score (nSPS) is 12.0. The van der Waals surface area contributed by atoms with Crippen LogP contribution in [0.15, 0.2) is 0 Å². The highest BCUT2D eigenvalue weighted by molar-refractivity contribution is 14.1. The minimum atomic E-state index is -0.683. The molecule has 2 heteroatoms. The zero-order valence-corrected chi connectivity index (χ0v) is 9.16. The van der Waals surface area contributed by atoms with E-state index < -0.39 is 8.07 Å². The van der Waals surface area contributed by atoms with E-state index in [1.807, 2.05) is 0 Å². The van der Waals surface area contributed by atoms with Crippen LogP contribution in [0.2, 0.25) is 25.7 Å². The maximum absolute atomic E-state index is 2.45. The second kappa shape index (κ2) is 3.88. The van der Waals surface area contributed by atoms with E-state index in [0.29, 0.717) is 0 Å². The standard InChI is InChI=1S/C6H15ISi/c1-8(2,3)6-4-5-7/h4-6H2,1-3H3. The van der Waals surface area contributed by atoms with Crippen molar-refractivity contribution in [1.29, 1.82) is 0 Å². The molecule has 0 N–H and O–H groups in total. The molecule has 0 unspecified atom stereocenters. The van der Waals surface area contributed by atoms with Gasteiger partial charge in [-0.1, -0.05) is 48.3 Å². The molecular formula is C6H15ISi. The molecule has 0 heterocycles. The minimum absolute atomic E-state index is 0.683. The van der Waals surface area contributed by atoms with Gasteiger partial charge in [-0.2, -0.15) is 0 Å². The molecule has 0 radical (unpaired) electrons. The first-order valence-electron chi connectivity index (χ1n) is 3.12. The van der Waals surface area contributed by atoms with Gasteiger partial charge in [0, 0.05) is 8.07 Å². The fourth-order valence-electron chi connectivity index (χ4n) is 0.597. The van der Waals surface area contributed by atoms with Crippen LogP contribution in [0.25, 0.3) is 0 Å². The minimum Gasteiger partial charge on any atom is -0.0864 e. The largest absolute Gasteiger partial charge is 0.0864 e. The van der Waals surface area contributed by atoms with Crippen molar-refractivity contribution in [2.24, 2.45) is 0 Å². The molecule has 0 aliphatic heterocycles. The number of hydrogen-bond acceptors (Lipinski definition) is 0. The van der Waals surface area contributed by atoms with Gasteiger partial charge in [0.25, 0.3) is 0 Å². The first kappa shape index (κ1) is 8.95. The van der Waals surface area contributed by atoms with Crippen LogP contribution in [0.4, 0.5) is 0 Å². The van der Waals surface area contributed by atoms with Crippen molar-refractivity contribution in [1.82, 2.24) is 0 Å². The van der Waals surface area contributed by atoms with Gasteiger partial charge in [0.15, 0.2) is 0 Å². The molecule has 0 rings (SSSR count). The fraction of sp³-hybridized carbons (Fsp3) is 1.00. The summed E-state index contributed by atoms with van der Waals surface area (Å²) in [6, 6.07) is 1.50. The smallest absolute Gasteiger partial charge is 0.0442 e. The number of halogens is 1. The van der Waals surface area contributed by atoms with Gasteiger partial charge in [-0.15, -0.1) is 0 Å². The third kappa shape index (κ3) is 6.95. The molecule has 8 heavy (non-hydrogen) atoms. The SMILES string of the molecule is C[Si](C)(C)CCCI. The molecule has 0 aliphatic rings. The third-order valence-corrected chi connectivity index (χ3v) is 3.68. The van der Waals surface area contributed by atoms with Crippen molar-refractivity contribution in [3.05, 3.63) is 0 Å². The van der Waals surface area contributed by atoms with E-state index in [-0.39, 0.29) is 0 Å². The lowest BCUT2D eigenvalue weighted by molar-refractivity contribution is 1.08. The summed E-state index contributed by atoms with van der Waals surface area (Å²) in [6.45, 7) is 7.29. The van der Waals surface area contributed by atoms with Gasteiger partial charge in [-0.25, -0.2) is 0 Å². The molecule has 0 spiro atoms. The molecule has 0 atom stereocenters. The lowest BCUT2D eigenvalue weighted by atomic mass is 10.6. The number of hydrogen-bond donors (Lipinski definition) is 0. The van der Waals surface area contributed by atoms with Gasteiger partial charge in [-0.05, 0) is 10.8 Å². The molecule has 0 bridgehead atoms. The quantitative estimate of drug-likeness (QED) is 0.405. The van der Waals surface area contributed by atoms with Crippen molar-refractivity contribution in [3.63, 3.8) is 0 Å². The van der Waals surface area contributed by atoms with E-state index in [0.717, 1.165) is 0 Å². The van der Waals surface area contributed by atoms with Gasteiger partial charge in [0.2, 0.25) is 0 Å². The van der Waals surface area contributed by atoms with Gasteiger partial charge < -0.3 is 0 Å². The first-order valence-corrected chi connectivity index (χ1v) is 8.35. The monoisotopic (exact) mass is 242 g/mol. The van der Waals surface area contributed by atoms with Gasteiger partial charge in [0.1, 0.15) is 0 Å². The van der Waals surface area contributed by atoms with Crippen LogP contribution in [0.5, 0.6) is 0 Å². The Hall–Kier alpha value is 0.947. The van der Waals surface area contributed by atoms with E-state index in [2.05, 4.69) is 42.2 Å². The summed E-state index contributed by atoms with van der Waals surface area (Å²) in [5.74, 6) is 0. The summed E-state index contributed by atoms with van der Waals surface area (Å²) in [6.07, 6.45) is 1.43. The van der Waals surface area contributed by atoms with Crippen LogP contribution < -0.4 is 0 Å². The van der Waals surface area contributed by atoms with Crippen LogP contribution in [0, 0.1) is 0 Å².